The normalized spacial score (nSPS) is 22.7. The average Bonchev–Trinajstić information content (AvgIpc) is 3.10. The minimum atomic E-state index is -0.584. The van der Waals surface area contributed by atoms with Crippen molar-refractivity contribution in [2.75, 3.05) is 18.6 Å². The molecule has 2 aliphatic rings. The zero-order chi connectivity index (χ0) is 19.2. The summed E-state index contributed by atoms with van der Waals surface area (Å²) in [5.41, 5.74) is 3.89. The number of benzene rings is 2. The van der Waals surface area contributed by atoms with E-state index in [1.807, 2.05) is 24.3 Å². The summed E-state index contributed by atoms with van der Waals surface area (Å²) in [5.74, 6) is 0.876. The van der Waals surface area contributed by atoms with Gasteiger partial charge < -0.3 is 15.0 Å². The van der Waals surface area contributed by atoms with Crippen LogP contribution in [-0.2, 0) is 16.6 Å². The van der Waals surface area contributed by atoms with Gasteiger partial charge in [0.15, 0.2) is 0 Å². The molecule has 4 nitrogen and oxygen atoms in total. The van der Waals surface area contributed by atoms with Crippen LogP contribution in [0.3, 0.4) is 0 Å². The van der Waals surface area contributed by atoms with Crippen molar-refractivity contribution in [3.05, 3.63) is 65.2 Å². The van der Waals surface area contributed by atoms with Gasteiger partial charge in [0.05, 0.1) is 13.7 Å². The molecule has 0 spiro atoms. The van der Waals surface area contributed by atoms with Crippen molar-refractivity contribution in [3.63, 3.8) is 0 Å². The number of hydrogen-bond acceptors (Lipinski definition) is 3. The van der Waals surface area contributed by atoms with Crippen molar-refractivity contribution in [2.45, 2.75) is 38.3 Å². The Kier molecular flexibility index (Phi) is 4.02. The molecule has 1 atom stereocenters. The number of ether oxygens (including phenoxy) is 1. The van der Waals surface area contributed by atoms with Gasteiger partial charge in [-0.05, 0) is 35.8 Å². The fraction of sp³-hybridized carbons (Fsp3) is 0.348. The van der Waals surface area contributed by atoms with Gasteiger partial charge in [0.2, 0.25) is 5.91 Å². The number of methoxy groups -OCH3 is 1. The van der Waals surface area contributed by atoms with E-state index in [1.165, 1.54) is 11.1 Å². The van der Waals surface area contributed by atoms with Crippen LogP contribution in [-0.4, -0.2) is 25.2 Å². The molecule has 1 saturated heterocycles. The van der Waals surface area contributed by atoms with E-state index >= 15 is 0 Å². The second kappa shape index (κ2) is 6.15. The summed E-state index contributed by atoms with van der Waals surface area (Å²) < 4.78 is 5.48. The Morgan fingerprint density at radius 3 is 2.74 bits per heavy atom. The second-order valence-corrected chi connectivity index (χ2v) is 7.81. The lowest BCUT2D eigenvalue weighted by Crippen LogP contribution is -2.58. The standard InChI is InChI=1S/C23H26N2O2/c1-5-16-10-11-19-18(14-16)22(2,3)23(24-21(26)15-25(19)23)13-12-17-8-6-7-9-20(17)27-4/h6-14H,5,15H2,1-4H3,(H,24,26)/b13-12+/t23-/m0/s1. The fourth-order valence-corrected chi connectivity index (χ4v) is 4.46. The van der Waals surface area contributed by atoms with Crippen LogP contribution in [0.2, 0.25) is 0 Å². The summed E-state index contributed by atoms with van der Waals surface area (Å²) in [7, 11) is 1.68. The summed E-state index contributed by atoms with van der Waals surface area (Å²) in [6.07, 6.45) is 5.19. The first-order chi connectivity index (χ1) is 12.9. The molecule has 1 amide bonds. The van der Waals surface area contributed by atoms with Crippen LogP contribution >= 0.6 is 0 Å². The first-order valence-corrected chi connectivity index (χ1v) is 9.47. The van der Waals surface area contributed by atoms with E-state index in [0.29, 0.717) is 6.54 Å². The number of rotatable bonds is 4. The first-order valence-electron chi connectivity index (χ1n) is 9.47. The first kappa shape index (κ1) is 17.7. The van der Waals surface area contributed by atoms with Crippen LogP contribution in [0.15, 0.2) is 48.5 Å². The van der Waals surface area contributed by atoms with Crippen molar-refractivity contribution >= 4 is 17.7 Å². The van der Waals surface area contributed by atoms with Crippen molar-refractivity contribution in [1.82, 2.24) is 5.32 Å². The molecule has 0 radical (unpaired) electrons. The molecule has 2 aromatic carbocycles. The molecule has 140 valence electrons. The van der Waals surface area contributed by atoms with Gasteiger partial charge in [-0.25, -0.2) is 0 Å². The number of carbonyl (C=O) groups is 1. The SMILES string of the molecule is CCc1ccc2c(c1)C(C)(C)[C@@]1(/C=C/c3ccccc3OC)NC(=O)CN21. The van der Waals surface area contributed by atoms with Gasteiger partial charge in [0.1, 0.15) is 11.4 Å². The number of nitrogens with zero attached hydrogens (tertiary/aromatic N) is 1. The van der Waals surface area contributed by atoms with Gasteiger partial charge in [-0.2, -0.15) is 0 Å². The van der Waals surface area contributed by atoms with E-state index in [4.69, 9.17) is 4.74 Å². The van der Waals surface area contributed by atoms with E-state index in [-0.39, 0.29) is 11.3 Å². The fourth-order valence-electron chi connectivity index (χ4n) is 4.46. The molecule has 0 bridgehead atoms. The van der Waals surface area contributed by atoms with Crippen molar-refractivity contribution in [1.29, 1.82) is 0 Å². The lowest BCUT2D eigenvalue weighted by molar-refractivity contribution is -0.118. The predicted octanol–water partition coefficient (Wildman–Crippen LogP) is 3.89. The van der Waals surface area contributed by atoms with Crippen LogP contribution in [0.25, 0.3) is 6.08 Å². The topological polar surface area (TPSA) is 41.6 Å². The maximum atomic E-state index is 12.4. The highest BCUT2D eigenvalue weighted by Crippen LogP contribution is 2.53. The van der Waals surface area contributed by atoms with Gasteiger partial charge in [-0.1, -0.05) is 57.2 Å². The average molecular weight is 362 g/mol. The Labute approximate surface area is 160 Å². The summed E-state index contributed by atoms with van der Waals surface area (Å²) in [6, 6.07) is 14.5. The highest BCUT2D eigenvalue weighted by molar-refractivity contribution is 5.91. The highest BCUT2D eigenvalue weighted by Gasteiger charge is 2.59. The van der Waals surface area contributed by atoms with Crippen molar-refractivity contribution in [3.8, 4) is 5.75 Å². The molecule has 2 aliphatic heterocycles. The van der Waals surface area contributed by atoms with E-state index in [0.717, 1.165) is 23.4 Å². The number of para-hydroxylation sites is 1. The monoisotopic (exact) mass is 362 g/mol. The van der Waals surface area contributed by atoms with Gasteiger partial charge in [0, 0.05) is 16.7 Å². The lowest BCUT2D eigenvalue weighted by atomic mass is 9.75. The molecule has 4 rings (SSSR count). The summed E-state index contributed by atoms with van der Waals surface area (Å²) in [6.45, 7) is 6.97. The molecule has 0 saturated carbocycles. The summed E-state index contributed by atoms with van der Waals surface area (Å²) in [4.78, 5) is 14.6. The Morgan fingerprint density at radius 2 is 2.00 bits per heavy atom. The minimum Gasteiger partial charge on any atom is -0.496 e. The van der Waals surface area contributed by atoms with E-state index in [9.17, 15) is 4.79 Å². The van der Waals surface area contributed by atoms with E-state index < -0.39 is 5.66 Å². The third-order valence-corrected chi connectivity index (χ3v) is 6.09. The Morgan fingerprint density at radius 1 is 1.22 bits per heavy atom. The Bertz CT molecular complexity index is 932. The summed E-state index contributed by atoms with van der Waals surface area (Å²) in [5, 5.41) is 3.27. The minimum absolute atomic E-state index is 0.0537. The van der Waals surface area contributed by atoms with Gasteiger partial charge in [-0.3, -0.25) is 4.79 Å². The van der Waals surface area contributed by atoms with Crippen LogP contribution in [0, 0.1) is 0 Å². The molecule has 2 aromatic rings. The lowest BCUT2D eigenvalue weighted by Gasteiger charge is -2.40. The maximum absolute atomic E-state index is 12.4. The van der Waals surface area contributed by atoms with Gasteiger partial charge in [-0.15, -0.1) is 0 Å². The molecular weight excluding hydrogens is 336 g/mol. The van der Waals surface area contributed by atoms with Crippen LogP contribution < -0.4 is 15.0 Å². The Balaban J connectivity index is 1.84. The maximum Gasteiger partial charge on any atom is 0.241 e. The molecular formula is C23H26N2O2. The molecule has 0 unspecified atom stereocenters. The third kappa shape index (κ3) is 2.47. The highest BCUT2D eigenvalue weighted by atomic mass is 16.5. The number of aryl methyl sites for hydroxylation is 1. The largest absolute Gasteiger partial charge is 0.496 e. The summed E-state index contributed by atoms with van der Waals surface area (Å²) >= 11 is 0. The van der Waals surface area contributed by atoms with Crippen molar-refractivity contribution in [2.24, 2.45) is 0 Å². The molecule has 0 aromatic heterocycles. The van der Waals surface area contributed by atoms with Crippen LogP contribution in [0.4, 0.5) is 5.69 Å². The molecule has 1 fully saturated rings. The number of anilines is 1. The van der Waals surface area contributed by atoms with Gasteiger partial charge in [0.25, 0.3) is 0 Å². The zero-order valence-corrected chi connectivity index (χ0v) is 16.4. The quantitative estimate of drug-likeness (QED) is 0.897. The molecule has 0 aliphatic carbocycles. The predicted molar refractivity (Wildman–Crippen MR) is 109 cm³/mol. The van der Waals surface area contributed by atoms with E-state index in [2.05, 4.69) is 61.3 Å². The molecule has 2 heterocycles. The number of amides is 1. The van der Waals surface area contributed by atoms with Crippen molar-refractivity contribution < 1.29 is 9.53 Å². The van der Waals surface area contributed by atoms with Crippen LogP contribution in [0.5, 0.6) is 5.75 Å². The number of fused-ring (bicyclic) bond motifs is 3. The van der Waals surface area contributed by atoms with Gasteiger partial charge >= 0.3 is 0 Å². The Hall–Kier alpha value is -2.75. The van der Waals surface area contributed by atoms with E-state index in [1.54, 1.807) is 7.11 Å². The number of nitrogens with one attached hydrogen (secondary N) is 1. The third-order valence-electron chi connectivity index (χ3n) is 6.09. The van der Waals surface area contributed by atoms with Crippen LogP contribution in [0.1, 0.15) is 37.5 Å². The zero-order valence-electron chi connectivity index (χ0n) is 16.4. The smallest absolute Gasteiger partial charge is 0.241 e. The molecule has 1 N–H and O–H groups in total. The number of carbonyl (C=O) groups excluding carboxylic acids is 1. The number of hydrogen-bond donors (Lipinski definition) is 1. The molecule has 27 heavy (non-hydrogen) atoms. The second-order valence-electron chi connectivity index (χ2n) is 7.81. The molecule has 4 heteroatoms.